The van der Waals surface area contributed by atoms with E-state index in [-0.39, 0.29) is 0 Å². The number of hydrogen-bond donors (Lipinski definition) is 0. The van der Waals surface area contributed by atoms with Gasteiger partial charge in [-0.05, 0) is 15.9 Å². The topological polar surface area (TPSA) is 26.9 Å². The first-order chi connectivity index (χ1) is 4.61. The molecule has 0 aliphatic rings. The van der Waals surface area contributed by atoms with E-state index in [4.69, 9.17) is 0 Å². The minimum atomic E-state index is 0.355. The van der Waals surface area contributed by atoms with Crippen LogP contribution in [0.4, 0.5) is 0 Å². The molecule has 0 saturated heterocycles. The van der Waals surface area contributed by atoms with Gasteiger partial charge in [0, 0.05) is 42.4 Å². The Bertz CT molecular complexity index is 240. The zero-order valence-electron chi connectivity index (χ0n) is 4.57. The molecule has 0 fully saturated rings. The summed E-state index contributed by atoms with van der Waals surface area (Å²) in [5.41, 5.74) is 0. The fraction of sp³-hybridized carbons (Fsp3) is 0. The van der Waals surface area contributed by atoms with E-state index >= 15 is 0 Å². The Balaban J connectivity index is 3.31. The van der Waals surface area contributed by atoms with Crippen LogP contribution in [0.25, 0.3) is 0 Å². The SMILES string of the molecule is [O-][n+]1c(Br)[c]c(Br)cc1Br. The predicted molar refractivity (Wildman–Crippen MR) is 47.3 cm³/mol. The monoisotopic (exact) mass is 328 g/mol. The van der Waals surface area contributed by atoms with Crippen LogP contribution in [-0.4, -0.2) is 0 Å². The molecule has 1 aromatic heterocycles. The van der Waals surface area contributed by atoms with Crippen LogP contribution in [-0.2, 0) is 0 Å². The van der Waals surface area contributed by atoms with Gasteiger partial charge in [0.05, 0.1) is 6.07 Å². The molecule has 1 aromatic rings. The summed E-state index contributed by atoms with van der Waals surface area (Å²) in [7, 11) is 0. The predicted octanol–water partition coefficient (Wildman–Crippen LogP) is 2.41. The molecule has 0 aromatic carbocycles. The van der Waals surface area contributed by atoms with Crippen LogP contribution in [0.5, 0.6) is 0 Å². The van der Waals surface area contributed by atoms with Gasteiger partial charge in [0.15, 0.2) is 0 Å². The zero-order chi connectivity index (χ0) is 7.72. The molecule has 0 N–H and O–H groups in total. The van der Waals surface area contributed by atoms with E-state index in [0.717, 1.165) is 4.47 Å². The maximum absolute atomic E-state index is 10.9. The molecule has 0 spiro atoms. The fourth-order valence-electron chi connectivity index (χ4n) is 0.442. The number of hydrogen-bond acceptors (Lipinski definition) is 1. The van der Waals surface area contributed by atoms with E-state index in [2.05, 4.69) is 53.9 Å². The molecule has 2 nitrogen and oxygen atoms in total. The van der Waals surface area contributed by atoms with Gasteiger partial charge < -0.3 is 5.21 Å². The lowest BCUT2D eigenvalue weighted by Gasteiger charge is -1.99. The highest BCUT2D eigenvalue weighted by Gasteiger charge is 2.07. The van der Waals surface area contributed by atoms with Crippen molar-refractivity contribution in [2.45, 2.75) is 0 Å². The van der Waals surface area contributed by atoms with Gasteiger partial charge in [-0.2, -0.15) is 4.73 Å². The van der Waals surface area contributed by atoms with Crippen LogP contribution < -0.4 is 4.73 Å². The Morgan fingerprint density at radius 1 is 1.40 bits per heavy atom. The molecule has 0 unspecified atom stereocenters. The number of nitrogens with zero attached hydrogens (tertiary/aromatic N) is 1. The highest BCUT2D eigenvalue weighted by molar-refractivity contribution is 9.11. The third-order valence-corrected chi connectivity index (χ3v) is 2.34. The molecule has 0 bridgehead atoms. The number of aromatic nitrogens is 1. The van der Waals surface area contributed by atoms with Crippen LogP contribution in [0, 0.1) is 11.3 Å². The van der Waals surface area contributed by atoms with Gasteiger partial charge in [0.1, 0.15) is 0 Å². The Kier molecular flexibility index (Phi) is 2.71. The van der Waals surface area contributed by atoms with Gasteiger partial charge in [-0.1, -0.05) is 0 Å². The van der Waals surface area contributed by atoms with E-state index < -0.39 is 0 Å². The summed E-state index contributed by atoms with van der Waals surface area (Å²) in [6, 6.07) is 4.36. The summed E-state index contributed by atoms with van der Waals surface area (Å²) >= 11 is 9.28. The normalized spacial score (nSPS) is 9.90. The van der Waals surface area contributed by atoms with Gasteiger partial charge >= 0.3 is 0 Å². The van der Waals surface area contributed by atoms with Gasteiger partial charge in [-0.25, -0.2) is 0 Å². The molecule has 1 radical (unpaired) electrons. The molecule has 5 heteroatoms. The summed E-state index contributed by atoms with van der Waals surface area (Å²) in [4.78, 5) is 0. The highest BCUT2D eigenvalue weighted by atomic mass is 79.9. The summed E-state index contributed by atoms with van der Waals surface area (Å²) in [6.45, 7) is 0. The molecule has 0 amide bonds. The lowest BCUT2D eigenvalue weighted by Crippen LogP contribution is -2.29. The minimum Gasteiger partial charge on any atom is -0.617 e. The summed E-state index contributed by atoms with van der Waals surface area (Å²) in [6.07, 6.45) is 0. The summed E-state index contributed by atoms with van der Waals surface area (Å²) < 4.78 is 2.22. The zero-order valence-corrected chi connectivity index (χ0v) is 9.32. The Hall–Kier alpha value is 0.390. The third kappa shape index (κ3) is 1.71. The molecule has 1 heterocycles. The molecule has 0 atom stereocenters. The van der Waals surface area contributed by atoms with Crippen molar-refractivity contribution in [2.75, 3.05) is 0 Å². The summed E-state index contributed by atoms with van der Waals surface area (Å²) in [5, 5.41) is 10.9. The first-order valence-electron chi connectivity index (χ1n) is 2.27. The van der Waals surface area contributed by atoms with Crippen molar-refractivity contribution in [1.29, 1.82) is 0 Å². The van der Waals surface area contributed by atoms with Gasteiger partial charge in [-0.15, -0.1) is 0 Å². The van der Waals surface area contributed by atoms with E-state index in [0.29, 0.717) is 13.9 Å². The van der Waals surface area contributed by atoms with Crippen molar-refractivity contribution in [1.82, 2.24) is 0 Å². The van der Waals surface area contributed by atoms with Crippen LogP contribution in [0.15, 0.2) is 19.7 Å². The van der Waals surface area contributed by atoms with Crippen molar-refractivity contribution >= 4 is 47.8 Å². The van der Waals surface area contributed by atoms with Crippen molar-refractivity contribution in [2.24, 2.45) is 0 Å². The second kappa shape index (κ2) is 3.19. The maximum Gasteiger partial charge on any atom is 0.269 e. The van der Waals surface area contributed by atoms with Crippen molar-refractivity contribution in [3.63, 3.8) is 0 Å². The average Bonchev–Trinajstić information content (AvgIpc) is 1.82. The Labute approximate surface area is 83.2 Å². The minimum absolute atomic E-state index is 0.355. The van der Waals surface area contributed by atoms with Crippen molar-refractivity contribution in [3.8, 4) is 0 Å². The number of rotatable bonds is 0. The third-order valence-electron chi connectivity index (χ3n) is 0.841. The van der Waals surface area contributed by atoms with E-state index in [1.165, 1.54) is 0 Å². The average molecular weight is 331 g/mol. The standard InChI is InChI=1S/C5HBr3NO/c6-3-1-4(7)9(10)5(8)2-3/h1H. The molecule has 53 valence electrons. The van der Waals surface area contributed by atoms with E-state index in [9.17, 15) is 5.21 Å². The van der Waals surface area contributed by atoms with Crippen molar-refractivity contribution < 1.29 is 4.73 Å². The molecular formula is C5HBr3NO. The van der Waals surface area contributed by atoms with Gasteiger partial charge in [0.25, 0.3) is 9.21 Å². The molecule has 1 rings (SSSR count). The van der Waals surface area contributed by atoms with Crippen LogP contribution in [0.3, 0.4) is 0 Å². The first-order valence-corrected chi connectivity index (χ1v) is 4.65. The Morgan fingerprint density at radius 3 is 2.50 bits per heavy atom. The largest absolute Gasteiger partial charge is 0.617 e. The summed E-state index contributed by atoms with van der Waals surface area (Å²) in [5.74, 6) is 0. The second-order valence-corrected chi connectivity index (χ2v) is 3.94. The number of halogens is 3. The van der Waals surface area contributed by atoms with Crippen molar-refractivity contribution in [3.05, 3.63) is 31.0 Å². The van der Waals surface area contributed by atoms with Gasteiger partial charge in [0.2, 0.25) is 0 Å². The quantitative estimate of drug-likeness (QED) is 0.408. The molecule has 0 saturated carbocycles. The second-order valence-electron chi connectivity index (χ2n) is 1.53. The lowest BCUT2D eigenvalue weighted by molar-refractivity contribution is -0.629. The number of pyridine rings is 1. The van der Waals surface area contributed by atoms with Crippen LogP contribution in [0.2, 0.25) is 0 Å². The van der Waals surface area contributed by atoms with Crippen LogP contribution >= 0.6 is 47.8 Å². The van der Waals surface area contributed by atoms with E-state index in [1.807, 2.05) is 0 Å². The molecular weight excluding hydrogens is 330 g/mol. The first kappa shape index (κ1) is 8.49. The highest BCUT2D eigenvalue weighted by Crippen LogP contribution is 2.16. The fourth-order valence-corrected chi connectivity index (χ4v) is 2.47. The molecule has 10 heavy (non-hydrogen) atoms. The van der Waals surface area contributed by atoms with Gasteiger partial charge in [-0.3, -0.25) is 0 Å². The van der Waals surface area contributed by atoms with E-state index in [1.54, 1.807) is 6.07 Å². The molecule has 0 aliphatic heterocycles. The lowest BCUT2D eigenvalue weighted by atomic mass is 10.5. The maximum atomic E-state index is 10.9. The molecule has 0 aliphatic carbocycles. The van der Waals surface area contributed by atoms with Crippen LogP contribution in [0.1, 0.15) is 0 Å². The smallest absolute Gasteiger partial charge is 0.269 e. The Morgan fingerprint density at radius 2 is 2.00 bits per heavy atom.